The lowest BCUT2D eigenvalue weighted by Crippen LogP contribution is -2.12. The molecule has 0 bridgehead atoms. The van der Waals surface area contributed by atoms with Crippen LogP contribution >= 0.6 is 34.2 Å². The quantitative estimate of drug-likeness (QED) is 0.607. The Morgan fingerprint density at radius 1 is 1.20 bits per heavy atom. The minimum Gasteiger partial charge on any atom is -0.360 e. The summed E-state index contributed by atoms with van der Waals surface area (Å²) < 4.78 is 0.906. The molecule has 2 N–H and O–H groups in total. The monoisotopic (exact) mass is 396 g/mol. The smallest absolute Gasteiger partial charge is 0.257 e. The summed E-state index contributed by atoms with van der Waals surface area (Å²) in [6.07, 6.45) is 1.72. The Morgan fingerprint density at radius 3 is 2.80 bits per heavy atom. The van der Waals surface area contributed by atoms with Crippen molar-refractivity contribution >= 4 is 56.7 Å². The molecule has 3 nitrogen and oxygen atoms in total. The average molecular weight is 397 g/mol. The largest absolute Gasteiger partial charge is 0.360 e. The van der Waals surface area contributed by atoms with Crippen molar-refractivity contribution in [3.05, 3.63) is 62.8 Å². The number of hydrogen-bond donors (Lipinski definition) is 2. The van der Waals surface area contributed by atoms with Crippen LogP contribution in [0.1, 0.15) is 10.4 Å². The van der Waals surface area contributed by atoms with Crippen molar-refractivity contribution in [3.8, 4) is 0 Å². The molecule has 0 saturated carbocycles. The van der Waals surface area contributed by atoms with E-state index in [1.165, 1.54) is 0 Å². The van der Waals surface area contributed by atoms with Crippen molar-refractivity contribution in [1.29, 1.82) is 0 Å². The number of anilines is 1. The second kappa shape index (κ2) is 5.46. The molecule has 100 valence electrons. The summed E-state index contributed by atoms with van der Waals surface area (Å²) in [4.78, 5) is 15.5. The molecule has 0 radical (unpaired) electrons. The van der Waals surface area contributed by atoms with Crippen LogP contribution in [0.3, 0.4) is 0 Å². The van der Waals surface area contributed by atoms with E-state index in [9.17, 15) is 4.79 Å². The molecule has 0 unspecified atom stereocenters. The SMILES string of the molecule is O=C(Nc1ccc(Cl)cc1I)c1c[nH]c2ccccc12. The van der Waals surface area contributed by atoms with Crippen molar-refractivity contribution in [2.24, 2.45) is 0 Å². The number of para-hydroxylation sites is 1. The molecule has 2 aromatic carbocycles. The van der Waals surface area contributed by atoms with E-state index in [4.69, 9.17) is 11.6 Å². The lowest BCUT2D eigenvalue weighted by Gasteiger charge is -2.07. The highest BCUT2D eigenvalue weighted by Gasteiger charge is 2.13. The van der Waals surface area contributed by atoms with E-state index in [1.54, 1.807) is 18.3 Å². The fraction of sp³-hybridized carbons (Fsp3) is 0. The minimum atomic E-state index is -0.136. The molecule has 3 aromatic rings. The van der Waals surface area contributed by atoms with Crippen LogP contribution in [0, 0.1) is 3.57 Å². The molecule has 5 heteroatoms. The number of benzene rings is 2. The number of nitrogens with one attached hydrogen (secondary N) is 2. The number of carbonyl (C=O) groups is 1. The van der Waals surface area contributed by atoms with E-state index in [-0.39, 0.29) is 5.91 Å². The first kappa shape index (κ1) is 13.5. The lowest BCUT2D eigenvalue weighted by atomic mass is 10.1. The normalized spacial score (nSPS) is 10.7. The summed E-state index contributed by atoms with van der Waals surface area (Å²) in [6, 6.07) is 13.1. The third-order valence-corrected chi connectivity index (χ3v) is 4.14. The van der Waals surface area contributed by atoms with Gasteiger partial charge in [0.05, 0.1) is 11.3 Å². The maximum Gasteiger partial charge on any atom is 0.257 e. The van der Waals surface area contributed by atoms with Crippen molar-refractivity contribution in [2.75, 3.05) is 5.32 Å². The molecule has 0 aliphatic carbocycles. The molecule has 1 aromatic heterocycles. The molecule has 0 aliphatic rings. The summed E-state index contributed by atoms with van der Waals surface area (Å²) in [7, 11) is 0. The fourth-order valence-corrected chi connectivity index (χ4v) is 3.05. The number of rotatable bonds is 2. The van der Waals surface area contributed by atoms with Crippen LogP contribution in [0.15, 0.2) is 48.7 Å². The third kappa shape index (κ3) is 2.53. The van der Waals surface area contributed by atoms with Crippen molar-refractivity contribution in [3.63, 3.8) is 0 Å². The Hall–Kier alpha value is -1.53. The Kier molecular flexibility index (Phi) is 3.67. The van der Waals surface area contributed by atoms with Crippen LogP contribution < -0.4 is 5.32 Å². The topological polar surface area (TPSA) is 44.9 Å². The molecule has 3 rings (SSSR count). The first-order chi connectivity index (χ1) is 9.65. The molecule has 0 aliphatic heterocycles. The van der Waals surface area contributed by atoms with Gasteiger partial charge in [-0.05, 0) is 46.9 Å². The predicted octanol–water partition coefficient (Wildman–Crippen LogP) is 4.68. The third-order valence-electron chi connectivity index (χ3n) is 3.01. The number of fused-ring (bicyclic) bond motifs is 1. The summed E-state index contributed by atoms with van der Waals surface area (Å²) in [5.41, 5.74) is 2.33. The molecule has 1 amide bonds. The van der Waals surface area contributed by atoms with Crippen molar-refractivity contribution in [2.45, 2.75) is 0 Å². The van der Waals surface area contributed by atoms with Crippen molar-refractivity contribution in [1.82, 2.24) is 4.98 Å². The summed E-state index contributed by atoms with van der Waals surface area (Å²) in [6.45, 7) is 0. The fourth-order valence-electron chi connectivity index (χ4n) is 2.04. The van der Waals surface area contributed by atoms with Crippen LogP contribution in [0.4, 0.5) is 5.69 Å². The van der Waals surface area contributed by atoms with Gasteiger partial charge in [0, 0.05) is 25.7 Å². The Bertz CT molecular complexity index is 797. The number of carbonyl (C=O) groups excluding carboxylic acids is 1. The van der Waals surface area contributed by atoms with Crippen LogP contribution in [0.25, 0.3) is 10.9 Å². The zero-order valence-corrected chi connectivity index (χ0v) is 13.2. The van der Waals surface area contributed by atoms with Crippen LogP contribution in [-0.2, 0) is 0 Å². The number of H-pyrrole nitrogens is 1. The van der Waals surface area contributed by atoms with Gasteiger partial charge >= 0.3 is 0 Å². The van der Waals surface area contributed by atoms with E-state index in [1.807, 2.05) is 30.3 Å². The Morgan fingerprint density at radius 2 is 2.00 bits per heavy atom. The van der Waals surface area contributed by atoms with Crippen LogP contribution in [-0.4, -0.2) is 10.9 Å². The van der Waals surface area contributed by atoms with Gasteiger partial charge in [0.15, 0.2) is 0 Å². The summed E-state index contributed by atoms with van der Waals surface area (Å²) >= 11 is 8.06. The zero-order chi connectivity index (χ0) is 14.1. The van der Waals surface area contributed by atoms with Crippen molar-refractivity contribution < 1.29 is 4.79 Å². The minimum absolute atomic E-state index is 0.136. The molecular formula is C15H10ClIN2O. The van der Waals surface area contributed by atoms with E-state index in [0.29, 0.717) is 10.6 Å². The Labute approximate surface area is 134 Å². The molecule has 1 heterocycles. The second-order valence-electron chi connectivity index (χ2n) is 4.33. The maximum absolute atomic E-state index is 12.4. The predicted molar refractivity (Wildman–Crippen MR) is 90.4 cm³/mol. The van der Waals surface area contributed by atoms with Crippen LogP contribution in [0.2, 0.25) is 5.02 Å². The molecule has 0 saturated heterocycles. The number of amides is 1. The van der Waals surface area contributed by atoms with Gasteiger partial charge in [-0.25, -0.2) is 0 Å². The van der Waals surface area contributed by atoms with Gasteiger partial charge < -0.3 is 10.3 Å². The number of hydrogen-bond acceptors (Lipinski definition) is 1. The van der Waals surface area contributed by atoms with E-state index in [2.05, 4.69) is 32.9 Å². The van der Waals surface area contributed by atoms with Gasteiger partial charge in [0.1, 0.15) is 0 Å². The number of aromatic nitrogens is 1. The molecule has 20 heavy (non-hydrogen) atoms. The number of halogens is 2. The standard InChI is InChI=1S/C15H10ClIN2O/c16-9-5-6-14(12(17)7-9)19-15(20)11-8-18-13-4-2-1-3-10(11)13/h1-8,18H,(H,19,20). The van der Waals surface area contributed by atoms with Crippen LogP contribution in [0.5, 0.6) is 0 Å². The lowest BCUT2D eigenvalue weighted by molar-refractivity contribution is 0.102. The number of aromatic amines is 1. The van der Waals surface area contributed by atoms with Gasteiger partial charge in [-0.2, -0.15) is 0 Å². The first-order valence-corrected chi connectivity index (χ1v) is 7.43. The first-order valence-electron chi connectivity index (χ1n) is 5.97. The summed E-state index contributed by atoms with van der Waals surface area (Å²) in [5, 5.41) is 4.47. The highest BCUT2D eigenvalue weighted by atomic mass is 127. The summed E-state index contributed by atoms with van der Waals surface area (Å²) in [5.74, 6) is -0.136. The molecule has 0 atom stereocenters. The molecule has 0 fully saturated rings. The highest BCUT2D eigenvalue weighted by molar-refractivity contribution is 14.1. The van der Waals surface area contributed by atoms with E-state index < -0.39 is 0 Å². The maximum atomic E-state index is 12.4. The van der Waals surface area contributed by atoms with Gasteiger partial charge in [-0.15, -0.1) is 0 Å². The average Bonchev–Trinajstić information content (AvgIpc) is 2.86. The van der Waals surface area contributed by atoms with Gasteiger partial charge in [-0.1, -0.05) is 29.8 Å². The van der Waals surface area contributed by atoms with E-state index >= 15 is 0 Å². The highest BCUT2D eigenvalue weighted by Crippen LogP contribution is 2.24. The second-order valence-corrected chi connectivity index (χ2v) is 5.92. The molecular weight excluding hydrogens is 387 g/mol. The zero-order valence-electron chi connectivity index (χ0n) is 10.3. The van der Waals surface area contributed by atoms with Gasteiger partial charge in [0.25, 0.3) is 5.91 Å². The Balaban J connectivity index is 1.93. The molecule has 0 spiro atoms. The van der Waals surface area contributed by atoms with Gasteiger partial charge in [-0.3, -0.25) is 4.79 Å². The van der Waals surface area contributed by atoms with E-state index in [0.717, 1.165) is 20.2 Å². The van der Waals surface area contributed by atoms with Gasteiger partial charge in [0.2, 0.25) is 0 Å².